The van der Waals surface area contributed by atoms with Crippen LogP contribution in [0.15, 0.2) is 47.4 Å². The van der Waals surface area contributed by atoms with Crippen LogP contribution in [-0.4, -0.2) is 39.8 Å². The maximum atomic E-state index is 5.57. The number of fused-ring (bicyclic) bond motifs is 1. The lowest BCUT2D eigenvalue weighted by Gasteiger charge is -2.33. The smallest absolute Gasteiger partial charge is 0.213 e. The minimum absolute atomic E-state index is 0.0390. The van der Waals surface area contributed by atoms with Crippen LogP contribution in [0.1, 0.15) is 17.4 Å². The van der Waals surface area contributed by atoms with E-state index in [2.05, 4.69) is 44.3 Å². The number of morpholine rings is 1. The third kappa shape index (κ3) is 2.58. The Kier molecular flexibility index (Phi) is 3.54. The molecule has 6 nitrogen and oxygen atoms in total. The maximum absolute atomic E-state index is 5.57. The summed E-state index contributed by atoms with van der Waals surface area (Å²) >= 11 is 0. The normalized spacial score (nSPS) is 19.5. The third-order valence-electron chi connectivity index (χ3n) is 3.97. The van der Waals surface area contributed by atoms with Gasteiger partial charge < -0.3 is 9.26 Å². The number of rotatable bonds is 3. The first-order valence-corrected chi connectivity index (χ1v) is 7.32. The fourth-order valence-electron chi connectivity index (χ4n) is 2.85. The summed E-state index contributed by atoms with van der Waals surface area (Å²) in [6, 6.07) is 10.5. The fraction of sp³-hybridized carbons (Fsp3) is 0.312. The highest BCUT2D eigenvalue weighted by Gasteiger charge is 2.27. The summed E-state index contributed by atoms with van der Waals surface area (Å²) in [4.78, 5) is 10.9. The zero-order valence-corrected chi connectivity index (χ0v) is 12.1. The van der Waals surface area contributed by atoms with Gasteiger partial charge >= 0.3 is 0 Å². The van der Waals surface area contributed by atoms with Crippen molar-refractivity contribution in [1.29, 1.82) is 0 Å². The standard InChI is InChI=1S/C16H16N4O2/c1-2-13-8-12(3-4-14(13)17-5-1)9-20-6-7-21-10-15(20)16-18-11-22-19-16/h1-5,8,11,15H,6-7,9-10H2. The number of hydrogen-bond donors (Lipinski definition) is 0. The molecule has 6 heteroatoms. The van der Waals surface area contributed by atoms with Gasteiger partial charge in [-0.25, -0.2) is 0 Å². The lowest BCUT2D eigenvalue weighted by atomic mass is 10.1. The molecule has 1 atom stereocenters. The fourth-order valence-corrected chi connectivity index (χ4v) is 2.85. The Labute approximate surface area is 127 Å². The first-order valence-electron chi connectivity index (χ1n) is 7.32. The molecule has 1 saturated heterocycles. The molecule has 1 aliphatic heterocycles. The van der Waals surface area contributed by atoms with Gasteiger partial charge in [0.05, 0.1) is 24.8 Å². The van der Waals surface area contributed by atoms with E-state index in [9.17, 15) is 0 Å². The van der Waals surface area contributed by atoms with Gasteiger partial charge in [-0.05, 0) is 23.8 Å². The average molecular weight is 296 g/mol. The van der Waals surface area contributed by atoms with Crippen molar-refractivity contribution in [2.75, 3.05) is 19.8 Å². The average Bonchev–Trinajstić information content (AvgIpc) is 3.10. The molecule has 1 unspecified atom stereocenters. The lowest BCUT2D eigenvalue weighted by Crippen LogP contribution is -2.39. The lowest BCUT2D eigenvalue weighted by molar-refractivity contribution is -0.0166. The van der Waals surface area contributed by atoms with Crippen molar-refractivity contribution < 1.29 is 9.26 Å². The molecule has 112 valence electrons. The first kappa shape index (κ1) is 13.4. The second-order valence-electron chi connectivity index (χ2n) is 5.38. The largest absolute Gasteiger partial charge is 0.378 e. The van der Waals surface area contributed by atoms with Crippen molar-refractivity contribution in [2.45, 2.75) is 12.6 Å². The number of hydrogen-bond acceptors (Lipinski definition) is 6. The molecule has 3 heterocycles. The van der Waals surface area contributed by atoms with Crippen LogP contribution in [0.4, 0.5) is 0 Å². The van der Waals surface area contributed by atoms with E-state index in [1.807, 2.05) is 12.3 Å². The third-order valence-corrected chi connectivity index (χ3v) is 3.97. The predicted molar refractivity (Wildman–Crippen MR) is 80.0 cm³/mol. The van der Waals surface area contributed by atoms with Gasteiger partial charge in [-0.2, -0.15) is 4.98 Å². The van der Waals surface area contributed by atoms with Crippen LogP contribution in [0, 0.1) is 0 Å². The Morgan fingerprint density at radius 3 is 3.14 bits per heavy atom. The molecule has 0 radical (unpaired) electrons. The summed E-state index contributed by atoms with van der Waals surface area (Å²) in [7, 11) is 0. The van der Waals surface area contributed by atoms with E-state index < -0.39 is 0 Å². The van der Waals surface area contributed by atoms with Crippen molar-refractivity contribution in [3.05, 3.63) is 54.3 Å². The molecular formula is C16H16N4O2. The number of aromatic nitrogens is 3. The Bertz CT molecular complexity index is 760. The summed E-state index contributed by atoms with van der Waals surface area (Å²) in [5, 5.41) is 5.12. The van der Waals surface area contributed by atoms with Gasteiger partial charge in [0.1, 0.15) is 0 Å². The van der Waals surface area contributed by atoms with Gasteiger partial charge in [0, 0.05) is 24.7 Å². The molecule has 1 aromatic carbocycles. The summed E-state index contributed by atoms with van der Waals surface area (Å²) in [5.41, 5.74) is 2.26. The number of benzene rings is 1. The first-order chi connectivity index (χ1) is 10.9. The second kappa shape index (κ2) is 5.82. The molecule has 4 rings (SSSR count). The van der Waals surface area contributed by atoms with Crippen LogP contribution in [-0.2, 0) is 11.3 Å². The van der Waals surface area contributed by atoms with Crippen LogP contribution >= 0.6 is 0 Å². The highest BCUT2D eigenvalue weighted by Crippen LogP contribution is 2.24. The van der Waals surface area contributed by atoms with Crippen LogP contribution in [0.25, 0.3) is 10.9 Å². The predicted octanol–water partition coefficient (Wildman–Crippen LogP) is 2.19. The van der Waals surface area contributed by atoms with E-state index in [1.54, 1.807) is 0 Å². The van der Waals surface area contributed by atoms with Crippen LogP contribution < -0.4 is 0 Å². The molecule has 1 fully saturated rings. The molecule has 0 N–H and O–H groups in total. The van der Waals surface area contributed by atoms with Gasteiger partial charge in [-0.1, -0.05) is 17.3 Å². The summed E-state index contributed by atoms with van der Waals surface area (Å²) in [6.07, 6.45) is 3.18. The van der Waals surface area contributed by atoms with E-state index in [-0.39, 0.29) is 6.04 Å². The quantitative estimate of drug-likeness (QED) is 0.738. The number of ether oxygens (including phenoxy) is 1. The van der Waals surface area contributed by atoms with Crippen molar-refractivity contribution >= 4 is 10.9 Å². The minimum Gasteiger partial charge on any atom is -0.378 e. The molecule has 0 amide bonds. The Morgan fingerprint density at radius 2 is 2.23 bits per heavy atom. The van der Waals surface area contributed by atoms with Gasteiger partial charge in [-0.15, -0.1) is 0 Å². The van der Waals surface area contributed by atoms with Crippen LogP contribution in [0.3, 0.4) is 0 Å². The molecule has 2 aromatic heterocycles. The molecule has 0 saturated carbocycles. The molecule has 0 aliphatic carbocycles. The molecular weight excluding hydrogens is 280 g/mol. The van der Waals surface area contributed by atoms with E-state index in [0.29, 0.717) is 12.4 Å². The minimum atomic E-state index is 0.0390. The number of pyridine rings is 1. The molecule has 0 bridgehead atoms. The highest BCUT2D eigenvalue weighted by molar-refractivity contribution is 5.78. The zero-order valence-electron chi connectivity index (χ0n) is 12.1. The van der Waals surface area contributed by atoms with E-state index in [0.717, 1.165) is 30.6 Å². The van der Waals surface area contributed by atoms with Crippen LogP contribution in [0.2, 0.25) is 0 Å². The van der Waals surface area contributed by atoms with Gasteiger partial charge in [0.25, 0.3) is 0 Å². The van der Waals surface area contributed by atoms with Crippen LogP contribution in [0.5, 0.6) is 0 Å². The van der Waals surface area contributed by atoms with Crippen molar-refractivity contribution in [1.82, 2.24) is 20.0 Å². The summed E-state index contributed by atoms with van der Waals surface area (Å²) in [6.45, 7) is 3.00. The van der Waals surface area contributed by atoms with Gasteiger partial charge in [-0.3, -0.25) is 9.88 Å². The highest BCUT2D eigenvalue weighted by atomic mass is 16.5. The van der Waals surface area contributed by atoms with Crippen molar-refractivity contribution in [3.63, 3.8) is 0 Å². The monoisotopic (exact) mass is 296 g/mol. The summed E-state index contributed by atoms with van der Waals surface area (Å²) in [5.74, 6) is 0.683. The van der Waals surface area contributed by atoms with Crippen molar-refractivity contribution in [2.24, 2.45) is 0 Å². The Morgan fingerprint density at radius 1 is 1.23 bits per heavy atom. The maximum Gasteiger partial charge on any atom is 0.213 e. The summed E-state index contributed by atoms with van der Waals surface area (Å²) < 4.78 is 10.4. The molecule has 1 aliphatic rings. The zero-order chi connectivity index (χ0) is 14.8. The molecule has 22 heavy (non-hydrogen) atoms. The van der Waals surface area contributed by atoms with E-state index in [4.69, 9.17) is 9.26 Å². The number of nitrogens with zero attached hydrogens (tertiary/aromatic N) is 4. The SMILES string of the molecule is c1cnc2ccc(CN3CCOCC3c3ncon3)cc2c1. The van der Waals surface area contributed by atoms with E-state index >= 15 is 0 Å². The topological polar surface area (TPSA) is 64.3 Å². The van der Waals surface area contributed by atoms with Gasteiger partial charge in [0.2, 0.25) is 6.39 Å². The van der Waals surface area contributed by atoms with Gasteiger partial charge in [0.15, 0.2) is 5.82 Å². The Balaban J connectivity index is 1.59. The molecule has 3 aromatic rings. The Hall–Kier alpha value is -2.31. The van der Waals surface area contributed by atoms with E-state index in [1.165, 1.54) is 12.0 Å². The molecule has 0 spiro atoms. The second-order valence-corrected chi connectivity index (χ2v) is 5.38. The van der Waals surface area contributed by atoms with Crippen molar-refractivity contribution in [3.8, 4) is 0 Å².